The molecule has 178 valence electrons. The highest BCUT2D eigenvalue weighted by atomic mass is 35.5. The molecule has 3 rings (SSSR count). The number of nitrogens with zero attached hydrogens (tertiary/aromatic N) is 3. The van der Waals surface area contributed by atoms with Gasteiger partial charge in [0.05, 0.1) is 22.4 Å². The molecule has 3 aromatic rings. The Bertz CT molecular complexity index is 1130. The fraction of sp³-hybridized carbons (Fsp3) is 0.280. The minimum absolute atomic E-state index is 0.0335. The highest BCUT2D eigenvalue weighted by molar-refractivity contribution is 7.99. The van der Waals surface area contributed by atoms with Gasteiger partial charge in [-0.3, -0.25) is 9.59 Å². The van der Waals surface area contributed by atoms with E-state index in [1.807, 2.05) is 48.7 Å². The second-order valence-electron chi connectivity index (χ2n) is 7.97. The van der Waals surface area contributed by atoms with Gasteiger partial charge in [-0.25, -0.2) is 0 Å². The van der Waals surface area contributed by atoms with Gasteiger partial charge >= 0.3 is 0 Å². The highest BCUT2D eigenvalue weighted by Gasteiger charge is 2.27. The predicted octanol–water partition coefficient (Wildman–Crippen LogP) is 4.65. The van der Waals surface area contributed by atoms with Crippen LogP contribution in [0.3, 0.4) is 0 Å². The molecule has 0 bridgehead atoms. The average Bonchev–Trinajstić information content (AvgIpc) is 3.22. The van der Waals surface area contributed by atoms with Crippen molar-refractivity contribution in [2.75, 3.05) is 5.75 Å². The molecular formula is C25H28ClN5O2S. The van der Waals surface area contributed by atoms with Crippen molar-refractivity contribution >= 4 is 35.2 Å². The van der Waals surface area contributed by atoms with Gasteiger partial charge in [-0.15, -0.1) is 16.8 Å². The number of thioether (sulfide) groups is 1. The zero-order chi connectivity index (χ0) is 24.5. The van der Waals surface area contributed by atoms with Gasteiger partial charge in [0.25, 0.3) is 5.91 Å². The van der Waals surface area contributed by atoms with Crippen molar-refractivity contribution in [2.24, 2.45) is 5.92 Å². The zero-order valence-corrected chi connectivity index (χ0v) is 20.8. The van der Waals surface area contributed by atoms with Crippen LogP contribution in [-0.4, -0.2) is 32.3 Å². The van der Waals surface area contributed by atoms with Crippen LogP contribution in [0.15, 0.2) is 72.4 Å². The van der Waals surface area contributed by atoms with Gasteiger partial charge in [0.1, 0.15) is 0 Å². The zero-order valence-electron chi connectivity index (χ0n) is 19.2. The molecule has 0 saturated heterocycles. The Morgan fingerprint density at radius 1 is 1.12 bits per heavy atom. The van der Waals surface area contributed by atoms with Gasteiger partial charge in [-0.05, 0) is 23.6 Å². The van der Waals surface area contributed by atoms with Crippen LogP contribution in [0, 0.1) is 5.92 Å². The summed E-state index contributed by atoms with van der Waals surface area (Å²) in [5.41, 5.74) is 1.43. The van der Waals surface area contributed by atoms with E-state index in [1.165, 1.54) is 11.8 Å². The van der Waals surface area contributed by atoms with E-state index in [0.717, 1.165) is 5.56 Å². The molecule has 0 saturated carbocycles. The van der Waals surface area contributed by atoms with Gasteiger partial charge in [-0.1, -0.05) is 85.8 Å². The SMILES string of the molecule is C=CCn1c(SCC(=O)NCc2ccccc2)nnc1C(NC(=O)c1ccccc1Cl)C(C)C. The Hall–Kier alpha value is -3.10. The second kappa shape index (κ2) is 12.4. The van der Waals surface area contributed by atoms with Crippen LogP contribution < -0.4 is 10.6 Å². The molecule has 9 heteroatoms. The van der Waals surface area contributed by atoms with E-state index in [4.69, 9.17) is 11.6 Å². The molecule has 7 nitrogen and oxygen atoms in total. The number of hydrogen-bond donors (Lipinski definition) is 2. The van der Waals surface area contributed by atoms with Crippen molar-refractivity contribution in [1.29, 1.82) is 0 Å². The Morgan fingerprint density at radius 3 is 2.50 bits per heavy atom. The third-order valence-corrected chi connectivity index (χ3v) is 6.37. The number of carbonyl (C=O) groups excluding carboxylic acids is 2. The Kier molecular flexibility index (Phi) is 9.30. The van der Waals surface area contributed by atoms with E-state index >= 15 is 0 Å². The van der Waals surface area contributed by atoms with Gasteiger partial charge in [-0.2, -0.15) is 0 Å². The average molecular weight is 498 g/mol. The number of hydrogen-bond acceptors (Lipinski definition) is 5. The molecule has 1 unspecified atom stereocenters. The lowest BCUT2D eigenvalue weighted by atomic mass is 10.0. The minimum atomic E-state index is -0.405. The van der Waals surface area contributed by atoms with Crippen LogP contribution in [0.1, 0.15) is 41.6 Å². The van der Waals surface area contributed by atoms with Crippen LogP contribution >= 0.6 is 23.4 Å². The van der Waals surface area contributed by atoms with Crippen LogP contribution in [0.4, 0.5) is 0 Å². The first-order chi connectivity index (χ1) is 16.4. The largest absolute Gasteiger partial charge is 0.351 e. The van der Waals surface area contributed by atoms with Crippen molar-refractivity contribution in [2.45, 2.75) is 38.1 Å². The summed E-state index contributed by atoms with van der Waals surface area (Å²) in [5.74, 6) is 0.442. The van der Waals surface area contributed by atoms with Gasteiger partial charge in [0.2, 0.25) is 5.91 Å². The van der Waals surface area contributed by atoms with Crippen molar-refractivity contribution in [3.63, 3.8) is 0 Å². The molecule has 0 spiro atoms. The Morgan fingerprint density at radius 2 is 1.82 bits per heavy atom. The van der Waals surface area contributed by atoms with E-state index in [-0.39, 0.29) is 23.5 Å². The third-order valence-electron chi connectivity index (χ3n) is 5.07. The smallest absolute Gasteiger partial charge is 0.253 e. The lowest BCUT2D eigenvalue weighted by molar-refractivity contribution is -0.118. The van der Waals surface area contributed by atoms with E-state index in [0.29, 0.717) is 34.7 Å². The van der Waals surface area contributed by atoms with Crippen molar-refractivity contribution < 1.29 is 9.59 Å². The topological polar surface area (TPSA) is 88.9 Å². The van der Waals surface area contributed by atoms with Crippen molar-refractivity contribution in [3.05, 3.63) is 89.2 Å². The van der Waals surface area contributed by atoms with E-state index in [1.54, 1.807) is 30.3 Å². The fourth-order valence-electron chi connectivity index (χ4n) is 3.31. The number of halogens is 1. The van der Waals surface area contributed by atoms with Crippen molar-refractivity contribution in [3.8, 4) is 0 Å². The molecule has 2 aromatic carbocycles. The van der Waals surface area contributed by atoms with E-state index in [9.17, 15) is 9.59 Å². The number of amides is 2. The first-order valence-electron chi connectivity index (χ1n) is 10.9. The lowest BCUT2D eigenvalue weighted by Gasteiger charge is -2.23. The number of carbonyl (C=O) groups is 2. The number of benzene rings is 2. The fourth-order valence-corrected chi connectivity index (χ4v) is 4.32. The maximum absolute atomic E-state index is 12.9. The lowest BCUT2D eigenvalue weighted by Crippen LogP contribution is -2.34. The molecule has 1 heterocycles. The summed E-state index contributed by atoms with van der Waals surface area (Å²) in [4.78, 5) is 25.3. The summed E-state index contributed by atoms with van der Waals surface area (Å²) in [6, 6.07) is 16.2. The molecule has 2 N–H and O–H groups in total. The summed E-state index contributed by atoms with van der Waals surface area (Å²) in [7, 11) is 0. The molecule has 0 aliphatic rings. The monoisotopic (exact) mass is 497 g/mol. The van der Waals surface area contributed by atoms with E-state index in [2.05, 4.69) is 27.4 Å². The molecule has 2 amide bonds. The summed E-state index contributed by atoms with van der Waals surface area (Å²) < 4.78 is 1.87. The summed E-state index contributed by atoms with van der Waals surface area (Å²) in [6.45, 7) is 8.73. The number of allylic oxidation sites excluding steroid dienone is 1. The number of rotatable bonds is 11. The third kappa shape index (κ3) is 6.71. The standard InChI is InChI=1S/C25H28ClN5O2S/c1-4-14-31-23(22(17(2)3)28-24(33)19-12-8-9-13-20(19)26)29-30-25(31)34-16-21(32)27-15-18-10-6-5-7-11-18/h4-13,17,22H,1,14-16H2,2-3H3,(H,27,32)(H,28,33). The first kappa shape index (κ1) is 25.5. The highest BCUT2D eigenvalue weighted by Crippen LogP contribution is 2.26. The van der Waals surface area contributed by atoms with E-state index < -0.39 is 6.04 Å². The predicted molar refractivity (Wildman–Crippen MR) is 136 cm³/mol. The first-order valence-corrected chi connectivity index (χ1v) is 12.3. The Balaban J connectivity index is 1.71. The quantitative estimate of drug-likeness (QED) is 0.297. The van der Waals surface area contributed by atoms with Crippen LogP contribution in [-0.2, 0) is 17.9 Å². The summed E-state index contributed by atoms with van der Waals surface area (Å²) in [5, 5.41) is 15.6. The molecular weight excluding hydrogens is 470 g/mol. The molecule has 1 atom stereocenters. The maximum Gasteiger partial charge on any atom is 0.253 e. The molecule has 34 heavy (non-hydrogen) atoms. The van der Waals surface area contributed by atoms with Gasteiger partial charge in [0.15, 0.2) is 11.0 Å². The summed E-state index contributed by atoms with van der Waals surface area (Å²) >= 11 is 7.49. The molecule has 1 aromatic heterocycles. The molecule has 0 aliphatic carbocycles. The van der Waals surface area contributed by atoms with Crippen LogP contribution in [0.25, 0.3) is 0 Å². The van der Waals surface area contributed by atoms with Crippen molar-refractivity contribution in [1.82, 2.24) is 25.4 Å². The van der Waals surface area contributed by atoms with Crippen LogP contribution in [0.2, 0.25) is 5.02 Å². The molecule has 0 fully saturated rings. The second-order valence-corrected chi connectivity index (χ2v) is 9.32. The molecule has 0 aliphatic heterocycles. The Labute approximate surface area is 209 Å². The minimum Gasteiger partial charge on any atom is -0.351 e. The number of nitrogens with one attached hydrogen (secondary N) is 2. The number of aromatic nitrogens is 3. The van der Waals surface area contributed by atoms with Gasteiger partial charge in [0, 0.05) is 13.1 Å². The normalized spacial score (nSPS) is 11.8. The maximum atomic E-state index is 12.9. The van der Waals surface area contributed by atoms with Gasteiger partial charge < -0.3 is 15.2 Å². The molecule has 0 radical (unpaired) electrons. The van der Waals surface area contributed by atoms with Crippen LogP contribution in [0.5, 0.6) is 0 Å². The summed E-state index contributed by atoms with van der Waals surface area (Å²) in [6.07, 6.45) is 1.74.